The van der Waals surface area contributed by atoms with Crippen molar-refractivity contribution in [1.29, 1.82) is 0 Å². The Morgan fingerprint density at radius 1 is 1.04 bits per heavy atom. The van der Waals surface area contributed by atoms with Gasteiger partial charge in [-0.3, -0.25) is 0 Å². The second kappa shape index (κ2) is 6.29. The predicted molar refractivity (Wildman–Crippen MR) is 101 cm³/mol. The van der Waals surface area contributed by atoms with Crippen molar-refractivity contribution in [2.24, 2.45) is 0 Å². The Hall–Kier alpha value is -2.33. The van der Waals surface area contributed by atoms with E-state index in [0.29, 0.717) is 0 Å². The number of hydrogen-bond donors (Lipinski definition) is 1. The zero-order chi connectivity index (χ0) is 16.5. The highest BCUT2D eigenvalue weighted by Gasteiger charge is 2.25. The molecule has 2 heterocycles. The Morgan fingerprint density at radius 2 is 1.79 bits per heavy atom. The molecular weight excluding hydrogens is 362 g/mol. The van der Waals surface area contributed by atoms with Crippen molar-refractivity contribution in [3.05, 3.63) is 93.7 Å². The number of allylic oxidation sites excluding steroid dienone is 2. The van der Waals surface area contributed by atoms with Gasteiger partial charge in [-0.1, -0.05) is 70.5 Å². The van der Waals surface area contributed by atoms with Gasteiger partial charge in [-0.2, -0.15) is 5.10 Å². The number of benzene rings is 2. The van der Waals surface area contributed by atoms with Gasteiger partial charge in [-0.25, -0.2) is 4.68 Å². The molecule has 24 heavy (non-hydrogen) atoms. The van der Waals surface area contributed by atoms with Crippen LogP contribution in [-0.4, -0.2) is 9.78 Å². The summed E-state index contributed by atoms with van der Waals surface area (Å²) in [5, 5.41) is 8.13. The van der Waals surface area contributed by atoms with Gasteiger partial charge in [0.1, 0.15) is 5.82 Å². The molecule has 0 saturated carbocycles. The highest BCUT2D eigenvalue weighted by atomic mass is 79.9. The second-order valence-corrected chi connectivity index (χ2v) is 6.92. The maximum atomic E-state index is 4.64. The standard InChI is InChI=1S/C20H18BrN3/c1-14-11-17(16-9-5-6-10-19(16)21)18-12-22-24(20(18)23-14)13-15-7-3-2-4-8-15/h2-12,17,23H,13H2,1H3. The SMILES string of the molecule is CC1=CC(c2ccccc2Br)c2cnn(Cc3ccccc3)c2N1. The number of nitrogens with zero attached hydrogens (tertiary/aromatic N) is 2. The third-order valence-corrected chi connectivity index (χ3v) is 5.07. The fourth-order valence-corrected chi connectivity index (χ4v) is 3.72. The average molecular weight is 380 g/mol. The zero-order valence-electron chi connectivity index (χ0n) is 13.4. The molecule has 1 aromatic heterocycles. The molecule has 3 nitrogen and oxygen atoms in total. The van der Waals surface area contributed by atoms with Crippen LogP contribution in [0.5, 0.6) is 0 Å². The van der Waals surface area contributed by atoms with Crippen molar-refractivity contribution in [2.75, 3.05) is 5.32 Å². The predicted octanol–water partition coefficient (Wildman–Crippen LogP) is 5.16. The van der Waals surface area contributed by atoms with Crippen LogP contribution in [0.1, 0.15) is 29.5 Å². The second-order valence-electron chi connectivity index (χ2n) is 6.07. The number of aromatic nitrogens is 2. The molecule has 0 radical (unpaired) electrons. The van der Waals surface area contributed by atoms with Crippen LogP contribution in [0.2, 0.25) is 0 Å². The van der Waals surface area contributed by atoms with Crippen LogP contribution >= 0.6 is 15.9 Å². The largest absolute Gasteiger partial charge is 0.344 e. The molecule has 0 saturated heterocycles. The smallest absolute Gasteiger partial charge is 0.132 e. The van der Waals surface area contributed by atoms with Gasteiger partial charge in [0, 0.05) is 21.7 Å². The van der Waals surface area contributed by atoms with Gasteiger partial charge in [0.25, 0.3) is 0 Å². The number of halogens is 1. The average Bonchev–Trinajstić information content (AvgIpc) is 2.98. The number of anilines is 1. The van der Waals surface area contributed by atoms with Crippen molar-refractivity contribution in [3.8, 4) is 0 Å². The summed E-state index contributed by atoms with van der Waals surface area (Å²) in [6.07, 6.45) is 4.25. The first-order valence-electron chi connectivity index (χ1n) is 8.02. The maximum absolute atomic E-state index is 4.64. The minimum Gasteiger partial charge on any atom is -0.344 e. The van der Waals surface area contributed by atoms with Crippen molar-refractivity contribution in [2.45, 2.75) is 19.4 Å². The summed E-state index contributed by atoms with van der Waals surface area (Å²) >= 11 is 3.69. The van der Waals surface area contributed by atoms with E-state index in [9.17, 15) is 0 Å². The van der Waals surface area contributed by atoms with Crippen LogP contribution in [0.15, 0.2) is 77.0 Å². The first-order chi connectivity index (χ1) is 11.7. The first-order valence-corrected chi connectivity index (χ1v) is 8.81. The lowest BCUT2D eigenvalue weighted by atomic mass is 9.90. The first kappa shape index (κ1) is 15.2. The van der Waals surface area contributed by atoms with E-state index >= 15 is 0 Å². The Morgan fingerprint density at radius 3 is 2.58 bits per heavy atom. The Kier molecular flexibility index (Phi) is 3.98. The van der Waals surface area contributed by atoms with Crippen molar-refractivity contribution < 1.29 is 0 Å². The lowest BCUT2D eigenvalue weighted by molar-refractivity contribution is 0.692. The monoisotopic (exact) mass is 379 g/mol. The number of hydrogen-bond acceptors (Lipinski definition) is 2. The highest BCUT2D eigenvalue weighted by molar-refractivity contribution is 9.10. The van der Waals surface area contributed by atoms with E-state index in [0.717, 1.165) is 22.5 Å². The lowest BCUT2D eigenvalue weighted by Crippen LogP contribution is -2.15. The van der Waals surface area contributed by atoms with Crippen LogP contribution in [-0.2, 0) is 6.54 Å². The zero-order valence-corrected chi connectivity index (χ0v) is 15.0. The van der Waals surface area contributed by atoms with Gasteiger partial charge in [0.15, 0.2) is 0 Å². The van der Waals surface area contributed by atoms with Crippen LogP contribution in [0.25, 0.3) is 0 Å². The maximum Gasteiger partial charge on any atom is 0.132 e. The molecule has 1 aliphatic heterocycles. The van der Waals surface area contributed by atoms with E-state index in [1.54, 1.807) is 0 Å². The van der Waals surface area contributed by atoms with E-state index in [4.69, 9.17) is 0 Å². The molecule has 1 N–H and O–H groups in total. The Balaban J connectivity index is 1.74. The molecule has 3 aromatic rings. The molecule has 0 spiro atoms. The van der Waals surface area contributed by atoms with Crippen LogP contribution in [0.3, 0.4) is 0 Å². The van der Waals surface area contributed by atoms with E-state index in [1.807, 2.05) is 23.0 Å². The Labute approximate surface area is 150 Å². The van der Waals surface area contributed by atoms with Gasteiger partial charge < -0.3 is 5.32 Å². The summed E-state index contributed by atoms with van der Waals surface area (Å²) < 4.78 is 3.17. The summed E-state index contributed by atoms with van der Waals surface area (Å²) in [6.45, 7) is 2.87. The number of fused-ring (bicyclic) bond motifs is 1. The quantitative estimate of drug-likeness (QED) is 0.681. The molecule has 0 amide bonds. The summed E-state index contributed by atoms with van der Waals surface area (Å²) in [4.78, 5) is 0. The van der Waals surface area contributed by atoms with E-state index < -0.39 is 0 Å². The molecule has 120 valence electrons. The fraction of sp³-hybridized carbons (Fsp3) is 0.150. The molecule has 1 unspecified atom stereocenters. The van der Waals surface area contributed by atoms with Gasteiger partial charge >= 0.3 is 0 Å². The molecule has 4 rings (SSSR count). The van der Waals surface area contributed by atoms with E-state index in [2.05, 4.69) is 81.8 Å². The van der Waals surface area contributed by atoms with E-state index in [-0.39, 0.29) is 5.92 Å². The molecule has 2 aromatic carbocycles. The van der Waals surface area contributed by atoms with Crippen molar-refractivity contribution in [1.82, 2.24) is 9.78 Å². The molecule has 4 heteroatoms. The highest BCUT2D eigenvalue weighted by Crippen LogP contribution is 2.39. The minimum atomic E-state index is 0.210. The lowest BCUT2D eigenvalue weighted by Gasteiger charge is -2.24. The molecule has 0 bridgehead atoms. The van der Waals surface area contributed by atoms with Gasteiger partial charge in [0.2, 0.25) is 0 Å². The summed E-state index contributed by atoms with van der Waals surface area (Å²) in [5.74, 6) is 1.29. The molecular formula is C20H18BrN3. The fourth-order valence-electron chi connectivity index (χ4n) is 3.19. The molecule has 1 atom stereocenters. The van der Waals surface area contributed by atoms with Gasteiger partial charge in [0.05, 0.1) is 12.7 Å². The van der Waals surface area contributed by atoms with Gasteiger partial charge in [-0.05, 0) is 24.1 Å². The topological polar surface area (TPSA) is 29.9 Å². The normalized spacial score (nSPS) is 16.2. The molecule has 0 fully saturated rings. The van der Waals surface area contributed by atoms with Crippen LogP contribution < -0.4 is 5.32 Å². The van der Waals surface area contributed by atoms with Gasteiger partial charge in [-0.15, -0.1) is 0 Å². The third kappa shape index (κ3) is 2.78. The third-order valence-electron chi connectivity index (χ3n) is 4.35. The summed E-state index contributed by atoms with van der Waals surface area (Å²) in [5.41, 5.74) is 4.87. The Bertz CT molecular complexity index is 896. The van der Waals surface area contributed by atoms with Crippen molar-refractivity contribution in [3.63, 3.8) is 0 Å². The minimum absolute atomic E-state index is 0.210. The molecule has 0 aliphatic carbocycles. The summed E-state index contributed by atoms with van der Waals surface area (Å²) in [6, 6.07) is 18.8. The number of nitrogens with one attached hydrogen (secondary N) is 1. The van der Waals surface area contributed by atoms with Crippen LogP contribution in [0, 0.1) is 0 Å². The summed E-state index contributed by atoms with van der Waals surface area (Å²) in [7, 11) is 0. The van der Waals surface area contributed by atoms with Crippen LogP contribution in [0.4, 0.5) is 5.82 Å². The van der Waals surface area contributed by atoms with Crippen molar-refractivity contribution >= 4 is 21.7 Å². The number of rotatable bonds is 3. The van der Waals surface area contributed by atoms with E-state index in [1.165, 1.54) is 16.7 Å². The molecule has 1 aliphatic rings.